The molecule has 0 aliphatic rings. The fourth-order valence-electron chi connectivity index (χ4n) is 0.850. The van der Waals surface area contributed by atoms with E-state index in [4.69, 9.17) is 10.2 Å². The van der Waals surface area contributed by atoms with Crippen LogP contribution in [0, 0.1) is 0 Å². The lowest BCUT2D eigenvalue weighted by Crippen LogP contribution is -2.20. The minimum absolute atomic E-state index is 0.0657. The van der Waals surface area contributed by atoms with Gasteiger partial charge in [-0.15, -0.1) is 0 Å². The van der Waals surface area contributed by atoms with Crippen molar-refractivity contribution in [3.63, 3.8) is 0 Å². The molecule has 0 unspecified atom stereocenters. The third kappa shape index (κ3) is 3.28. The van der Waals surface area contributed by atoms with E-state index in [1.54, 1.807) is 0 Å². The van der Waals surface area contributed by atoms with Crippen LogP contribution in [0.2, 0.25) is 0 Å². The second kappa shape index (κ2) is 4.97. The molecule has 1 aromatic rings. The number of aliphatic hydroxyl groups is 1. The van der Waals surface area contributed by atoms with E-state index in [0.29, 0.717) is 5.56 Å². The lowest BCUT2D eigenvalue weighted by Gasteiger charge is -1.99. The van der Waals surface area contributed by atoms with Crippen LogP contribution in [0.5, 0.6) is 11.5 Å². The van der Waals surface area contributed by atoms with Gasteiger partial charge in [0.15, 0.2) is 0 Å². The Balaban J connectivity index is 2.68. The van der Waals surface area contributed by atoms with Crippen LogP contribution >= 0.6 is 0 Å². The van der Waals surface area contributed by atoms with Gasteiger partial charge in [0.25, 0.3) is 5.91 Å². The predicted octanol–water partition coefficient (Wildman–Crippen LogP) is -0.460. The van der Waals surface area contributed by atoms with Crippen LogP contribution in [0.4, 0.5) is 0 Å². The summed E-state index contributed by atoms with van der Waals surface area (Å²) in [5, 5.41) is 30.1. The van der Waals surface area contributed by atoms with Crippen molar-refractivity contribution in [1.29, 1.82) is 0 Å². The van der Waals surface area contributed by atoms with Crippen molar-refractivity contribution in [2.75, 3.05) is 6.61 Å². The summed E-state index contributed by atoms with van der Waals surface area (Å²) in [6.45, 7) is -0.654. The molecule has 1 rings (SSSR count). The highest BCUT2D eigenvalue weighted by Gasteiger charge is 1.99. The molecule has 0 aromatic heterocycles. The van der Waals surface area contributed by atoms with Gasteiger partial charge in [-0.2, -0.15) is 5.10 Å². The van der Waals surface area contributed by atoms with Gasteiger partial charge < -0.3 is 15.3 Å². The first-order chi connectivity index (χ1) is 7.13. The number of rotatable bonds is 3. The molecule has 4 N–H and O–H groups in total. The number of hydrogen-bond acceptors (Lipinski definition) is 5. The van der Waals surface area contributed by atoms with Gasteiger partial charge in [0, 0.05) is 11.6 Å². The molecule has 0 aliphatic carbocycles. The number of nitrogens with one attached hydrogen (secondary N) is 1. The van der Waals surface area contributed by atoms with E-state index in [2.05, 4.69) is 5.10 Å². The zero-order valence-electron chi connectivity index (χ0n) is 7.71. The molecule has 0 spiro atoms. The summed E-state index contributed by atoms with van der Waals surface area (Å²) < 4.78 is 0. The van der Waals surface area contributed by atoms with Gasteiger partial charge in [-0.3, -0.25) is 4.79 Å². The highest BCUT2D eigenvalue weighted by Crippen LogP contribution is 2.20. The van der Waals surface area contributed by atoms with Crippen molar-refractivity contribution >= 4 is 12.1 Å². The summed E-state index contributed by atoms with van der Waals surface area (Å²) in [6, 6.07) is 3.95. The monoisotopic (exact) mass is 210 g/mol. The molecule has 0 radical (unpaired) electrons. The van der Waals surface area contributed by atoms with E-state index in [1.807, 2.05) is 5.43 Å². The number of hydrazone groups is 1. The molecule has 6 heteroatoms. The number of aliphatic hydroxyl groups excluding tert-OH is 1. The molecule has 1 aromatic carbocycles. The molecule has 6 nitrogen and oxygen atoms in total. The van der Waals surface area contributed by atoms with Gasteiger partial charge in [0.1, 0.15) is 18.1 Å². The summed E-state index contributed by atoms with van der Waals surface area (Å²) in [5.41, 5.74) is 2.37. The summed E-state index contributed by atoms with van der Waals surface area (Å²) in [6.07, 6.45) is 1.20. The number of carbonyl (C=O) groups excluding carboxylic acids is 1. The molecule has 15 heavy (non-hydrogen) atoms. The summed E-state index contributed by atoms with van der Waals surface area (Å²) >= 11 is 0. The molecule has 0 heterocycles. The zero-order valence-corrected chi connectivity index (χ0v) is 7.71. The van der Waals surface area contributed by atoms with Gasteiger partial charge in [0.2, 0.25) is 0 Å². The first-order valence-electron chi connectivity index (χ1n) is 4.08. The topological polar surface area (TPSA) is 102 Å². The number of aromatic hydroxyl groups is 2. The summed E-state index contributed by atoms with van der Waals surface area (Å²) in [5.74, 6) is -0.870. The molecule has 0 saturated carbocycles. The highest BCUT2D eigenvalue weighted by molar-refractivity contribution is 5.85. The fourth-order valence-corrected chi connectivity index (χ4v) is 0.850. The van der Waals surface area contributed by atoms with Crippen LogP contribution in [-0.4, -0.2) is 34.0 Å². The minimum Gasteiger partial charge on any atom is -0.508 e. The van der Waals surface area contributed by atoms with Crippen molar-refractivity contribution in [1.82, 2.24) is 5.43 Å². The van der Waals surface area contributed by atoms with E-state index in [0.717, 1.165) is 6.07 Å². The molecule has 0 bridgehead atoms. The maximum Gasteiger partial charge on any atom is 0.265 e. The Morgan fingerprint density at radius 1 is 1.47 bits per heavy atom. The van der Waals surface area contributed by atoms with E-state index in [9.17, 15) is 9.90 Å². The second-order valence-corrected chi connectivity index (χ2v) is 2.69. The molecule has 0 fully saturated rings. The molecule has 1 amide bonds. The minimum atomic E-state index is -0.654. The number of benzene rings is 1. The standard InChI is InChI=1S/C9H10N2O4/c12-5-9(15)11-10-4-6-1-2-7(13)3-8(6)14/h1-4,12-14H,5H2,(H,11,15)/b10-4+. The highest BCUT2D eigenvalue weighted by atomic mass is 16.3. The molecular weight excluding hydrogens is 200 g/mol. The van der Waals surface area contributed by atoms with Crippen molar-refractivity contribution in [3.8, 4) is 11.5 Å². The molecule has 0 aliphatic heterocycles. The van der Waals surface area contributed by atoms with Crippen LogP contribution in [0.3, 0.4) is 0 Å². The van der Waals surface area contributed by atoms with Gasteiger partial charge in [0.05, 0.1) is 6.21 Å². The molecule has 0 atom stereocenters. The Labute approximate surface area is 85.5 Å². The van der Waals surface area contributed by atoms with Crippen molar-refractivity contribution in [3.05, 3.63) is 23.8 Å². The Morgan fingerprint density at radius 3 is 2.80 bits per heavy atom. The zero-order chi connectivity index (χ0) is 11.3. The van der Waals surface area contributed by atoms with E-state index < -0.39 is 12.5 Å². The first-order valence-corrected chi connectivity index (χ1v) is 4.08. The van der Waals surface area contributed by atoms with Crippen molar-refractivity contribution in [2.24, 2.45) is 5.10 Å². The molecule has 0 saturated heterocycles. The Hall–Kier alpha value is -2.08. The number of amides is 1. The average Bonchev–Trinajstić information content (AvgIpc) is 2.21. The Morgan fingerprint density at radius 2 is 2.20 bits per heavy atom. The van der Waals surface area contributed by atoms with Gasteiger partial charge in [-0.05, 0) is 12.1 Å². The fraction of sp³-hybridized carbons (Fsp3) is 0.111. The van der Waals surface area contributed by atoms with E-state index >= 15 is 0 Å². The van der Waals surface area contributed by atoms with Crippen molar-refractivity contribution in [2.45, 2.75) is 0 Å². The lowest BCUT2D eigenvalue weighted by molar-refractivity contribution is -0.123. The van der Waals surface area contributed by atoms with Crippen LogP contribution in [0.25, 0.3) is 0 Å². The van der Waals surface area contributed by atoms with Gasteiger partial charge in [-0.1, -0.05) is 0 Å². The molecule has 80 valence electrons. The number of carbonyl (C=O) groups is 1. The van der Waals surface area contributed by atoms with Crippen LogP contribution in [-0.2, 0) is 4.79 Å². The van der Waals surface area contributed by atoms with Crippen LogP contribution < -0.4 is 5.43 Å². The Bertz CT molecular complexity index is 390. The lowest BCUT2D eigenvalue weighted by atomic mass is 10.2. The normalized spacial score (nSPS) is 10.5. The number of hydrogen-bond donors (Lipinski definition) is 4. The third-order valence-corrected chi connectivity index (χ3v) is 1.55. The van der Waals surface area contributed by atoms with Gasteiger partial charge >= 0.3 is 0 Å². The molecular formula is C9H10N2O4. The number of nitrogens with zero attached hydrogens (tertiary/aromatic N) is 1. The first kappa shape index (κ1) is 11.0. The third-order valence-electron chi connectivity index (χ3n) is 1.55. The largest absolute Gasteiger partial charge is 0.508 e. The summed E-state index contributed by atoms with van der Waals surface area (Å²) in [4.78, 5) is 10.6. The smallest absolute Gasteiger partial charge is 0.265 e. The van der Waals surface area contributed by atoms with E-state index in [1.165, 1.54) is 18.3 Å². The van der Waals surface area contributed by atoms with Crippen molar-refractivity contribution < 1.29 is 20.1 Å². The quantitative estimate of drug-likeness (QED) is 0.400. The van der Waals surface area contributed by atoms with Crippen LogP contribution in [0.1, 0.15) is 5.56 Å². The maximum absolute atomic E-state index is 10.6. The van der Waals surface area contributed by atoms with E-state index in [-0.39, 0.29) is 11.5 Å². The van der Waals surface area contributed by atoms with Gasteiger partial charge in [-0.25, -0.2) is 5.43 Å². The SMILES string of the molecule is O=C(CO)N/N=C/c1ccc(O)cc1O. The Kier molecular flexibility index (Phi) is 3.64. The number of phenolic OH excluding ortho intramolecular Hbond substituents is 2. The summed E-state index contributed by atoms with van der Waals surface area (Å²) in [7, 11) is 0. The van der Waals surface area contributed by atoms with Crippen LogP contribution in [0.15, 0.2) is 23.3 Å². The average molecular weight is 210 g/mol. The predicted molar refractivity (Wildman–Crippen MR) is 52.6 cm³/mol. The maximum atomic E-state index is 10.6. The second-order valence-electron chi connectivity index (χ2n) is 2.69. The number of phenols is 2.